The van der Waals surface area contributed by atoms with Crippen molar-refractivity contribution in [2.45, 2.75) is 34.7 Å². The van der Waals surface area contributed by atoms with Crippen LogP contribution in [0.25, 0.3) is 6.08 Å². The van der Waals surface area contributed by atoms with Crippen molar-refractivity contribution < 1.29 is 26.3 Å². The summed E-state index contributed by atoms with van der Waals surface area (Å²) in [5.74, 6) is 0. The Balaban J connectivity index is 2.18. The number of fused-ring (bicyclic) bond motifs is 1. The van der Waals surface area contributed by atoms with Crippen molar-refractivity contribution in [2.75, 3.05) is 53.6 Å². The molecule has 0 radical (unpaired) electrons. The quantitative estimate of drug-likeness (QED) is 0.509. The van der Waals surface area contributed by atoms with Crippen LogP contribution in [0.15, 0.2) is 20.7 Å². The van der Waals surface area contributed by atoms with E-state index in [0.29, 0.717) is 38.4 Å². The molecular formula is C18H31N3O6S3. The molecule has 172 valence electrons. The molecule has 0 aromatic carbocycles. The molecule has 0 atom stereocenters. The summed E-state index contributed by atoms with van der Waals surface area (Å²) in [4.78, 5) is 2.06. The number of thiophene rings is 1. The Morgan fingerprint density at radius 1 is 1.13 bits per heavy atom. The van der Waals surface area contributed by atoms with E-state index in [4.69, 9.17) is 9.47 Å². The van der Waals surface area contributed by atoms with Crippen molar-refractivity contribution in [3.05, 3.63) is 17.8 Å². The lowest BCUT2D eigenvalue weighted by Gasteiger charge is -2.27. The van der Waals surface area contributed by atoms with Gasteiger partial charge in [-0.05, 0) is 32.9 Å². The van der Waals surface area contributed by atoms with E-state index < -0.39 is 25.6 Å². The molecule has 2 heterocycles. The number of nitrogens with zero attached hydrogens (tertiary/aromatic N) is 2. The van der Waals surface area contributed by atoms with E-state index in [1.165, 1.54) is 16.6 Å². The Morgan fingerprint density at radius 2 is 1.73 bits per heavy atom. The van der Waals surface area contributed by atoms with Crippen molar-refractivity contribution in [1.82, 2.24) is 13.9 Å². The van der Waals surface area contributed by atoms with Crippen molar-refractivity contribution in [1.29, 1.82) is 0 Å². The second-order valence-corrected chi connectivity index (χ2v) is 13.0. The van der Waals surface area contributed by atoms with Crippen molar-refractivity contribution in [2.24, 2.45) is 0 Å². The third-order valence-corrected chi connectivity index (χ3v) is 9.92. The minimum atomic E-state index is -3.82. The standard InChI is InChI=1S/C18H31N3O6S3/c1-18(2,3)19-29(22,23)16-14-15-6-7-21(30(24,25)17(15)28-16)9-8-20(10-12-26-4)11-13-27-5/h6-7,14,19H,8-13H2,1-5H3. The predicted octanol–water partition coefficient (Wildman–Crippen LogP) is 1.39. The van der Waals surface area contributed by atoms with Crippen molar-refractivity contribution in [3.63, 3.8) is 0 Å². The molecule has 0 saturated heterocycles. The molecule has 1 aliphatic heterocycles. The van der Waals surface area contributed by atoms with Crippen LogP contribution in [0.5, 0.6) is 0 Å². The minimum absolute atomic E-state index is 0.0145. The van der Waals surface area contributed by atoms with Crippen LogP contribution in [-0.4, -0.2) is 85.2 Å². The van der Waals surface area contributed by atoms with Crippen LogP contribution in [0.2, 0.25) is 0 Å². The maximum atomic E-state index is 13.1. The van der Waals surface area contributed by atoms with Crippen LogP contribution in [-0.2, 0) is 29.5 Å². The molecule has 0 bridgehead atoms. The number of sulfonamides is 2. The SMILES string of the molecule is COCCN(CCOC)CCN1C=Cc2cc(S(=O)(=O)NC(C)(C)C)sc2S1(=O)=O. The fourth-order valence-electron chi connectivity index (χ4n) is 2.83. The molecule has 9 nitrogen and oxygen atoms in total. The minimum Gasteiger partial charge on any atom is -0.383 e. The van der Waals surface area contributed by atoms with Crippen LogP contribution in [0.1, 0.15) is 26.3 Å². The van der Waals surface area contributed by atoms with Crippen molar-refractivity contribution in [3.8, 4) is 0 Å². The third-order valence-electron chi connectivity index (χ3n) is 4.23. The second kappa shape index (κ2) is 10.1. The molecule has 0 amide bonds. The molecule has 30 heavy (non-hydrogen) atoms. The molecule has 1 aliphatic rings. The zero-order valence-corrected chi connectivity index (χ0v) is 20.5. The fraction of sp³-hybridized carbons (Fsp3) is 0.667. The molecule has 1 aromatic rings. The summed E-state index contributed by atoms with van der Waals surface area (Å²) in [5.41, 5.74) is -0.279. The summed E-state index contributed by atoms with van der Waals surface area (Å²) < 4.78 is 65.4. The Hall–Kier alpha value is -1.02. The van der Waals surface area contributed by atoms with Gasteiger partial charge in [-0.25, -0.2) is 21.6 Å². The summed E-state index contributed by atoms with van der Waals surface area (Å²) >= 11 is 0.771. The maximum absolute atomic E-state index is 13.1. The first-order valence-electron chi connectivity index (χ1n) is 9.49. The highest BCUT2D eigenvalue weighted by Gasteiger charge is 2.33. The van der Waals surface area contributed by atoms with Crippen LogP contribution in [0.4, 0.5) is 0 Å². The van der Waals surface area contributed by atoms with Gasteiger partial charge in [0.05, 0.1) is 13.2 Å². The average molecular weight is 482 g/mol. The van der Waals surface area contributed by atoms with Gasteiger partial charge in [0.25, 0.3) is 20.0 Å². The summed E-state index contributed by atoms with van der Waals surface area (Å²) in [6.07, 6.45) is 3.13. The first kappa shape index (κ1) is 25.2. The summed E-state index contributed by atoms with van der Waals surface area (Å²) in [5, 5.41) is 0. The van der Waals surface area contributed by atoms with E-state index in [1.807, 2.05) is 0 Å². The summed E-state index contributed by atoms with van der Waals surface area (Å²) in [6.45, 7) is 8.30. The second-order valence-electron chi connectivity index (χ2n) is 7.92. The number of hydrogen-bond donors (Lipinski definition) is 1. The topological polar surface area (TPSA) is 105 Å². The van der Waals surface area contributed by atoms with Crippen LogP contribution in [0, 0.1) is 0 Å². The van der Waals surface area contributed by atoms with Gasteiger partial charge in [-0.15, -0.1) is 11.3 Å². The molecule has 1 N–H and O–H groups in total. The molecular weight excluding hydrogens is 450 g/mol. The van der Waals surface area contributed by atoms with E-state index in [2.05, 4.69) is 9.62 Å². The molecule has 12 heteroatoms. The Morgan fingerprint density at radius 3 is 2.27 bits per heavy atom. The number of rotatable bonds is 11. The molecule has 2 rings (SSSR count). The van der Waals surface area contributed by atoms with Crippen molar-refractivity contribution >= 4 is 37.5 Å². The number of methoxy groups -OCH3 is 2. The molecule has 0 spiro atoms. The maximum Gasteiger partial charge on any atom is 0.274 e. The van der Waals surface area contributed by atoms with E-state index in [1.54, 1.807) is 41.1 Å². The van der Waals surface area contributed by atoms with Gasteiger partial charge in [0.2, 0.25) is 0 Å². The molecule has 0 fully saturated rings. The van der Waals surface area contributed by atoms with Gasteiger partial charge in [0.15, 0.2) is 0 Å². The first-order valence-corrected chi connectivity index (χ1v) is 13.2. The first-order chi connectivity index (χ1) is 13.9. The Kier molecular flexibility index (Phi) is 8.47. The summed E-state index contributed by atoms with van der Waals surface area (Å²) in [7, 11) is -4.40. The highest BCUT2D eigenvalue weighted by Crippen LogP contribution is 2.36. The zero-order valence-electron chi connectivity index (χ0n) is 18.0. The monoisotopic (exact) mass is 481 g/mol. The van der Waals surface area contributed by atoms with Gasteiger partial charge in [-0.1, -0.05) is 0 Å². The van der Waals surface area contributed by atoms with Gasteiger partial charge in [0, 0.05) is 57.7 Å². The van der Waals surface area contributed by atoms with E-state index >= 15 is 0 Å². The number of nitrogens with one attached hydrogen (secondary N) is 1. The lowest BCUT2D eigenvalue weighted by Crippen LogP contribution is -2.40. The highest BCUT2D eigenvalue weighted by molar-refractivity contribution is 7.94. The number of ether oxygens (including phenoxy) is 2. The van der Waals surface area contributed by atoms with Gasteiger partial charge < -0.3 is 9.47 Å². The predicted molar refractivity (Wildman–Crippen MR) is 118 cm³/mol. The fourth-order valence-corrected chi connectivity index (χ4v) is 7.76. The molecule has 0 unspecified atom stereocenters. The zero-order chi connectivity index (χ0) is 22.6. The smallest absolute Gasteiger partial charge is 0.274 e. The Bertz CT molecular complexity index is 940. The van der Waals surface area contributed by atoms with E-state index in [9.17, 15) is 16.8 Å². The Labute approximate surface area is 183 Å². The normalized spacial score (nSPS) is 16.3. The van der Waals surface area contributed by atoms with Gasteiger partial charge in [-0.2, -0.15) is 0 Å². The molecule has 0 aliphatic carbocycles. The average Bonchev–Trinajstić information content (AvgIpc) is 3.07. The number of hydrogen-bond acceptors (Lipinski definition) is 8. The summed E-state index contributed by atoms with van der Waals surface area (Å²) in [6, 6.07) is 1.41. The van der Waals surface area contributed by atoms with Gasteiger partial charge in [0.1, 0.15) is 8.42 Å². The molecule has 1 aromatic heterocycles. The van der Waals surface area contributed by atoms with E-state index in [-0.39, 0.29) is 15.0 Å². The van der Waals surface area contributed by atoms with Gasteiger partial charge >= 0.3 is 0 Å². The molecule has 0 saturated carbocycles. The highest BCUT2D eigenvalue weighted by atomic mass is 32.3. The van der Waals surface area contributed by atoms with Crippen LogP contribution in [0.3, 0.4) is 0 Å². The van der Waals surface area contributed by atoms with Crippen LogP contribution < -0.4 is 4.72 Å². The lowest BCUT2D eigenvalue weighted by molar-refractivity contribution is 0.112. The third kappa shape index (κ3) is 6.49. The van der Waals surface area contributed by atoms with Crippen LogP contribution >= 0.6 is 11.3 Å². The van der Waals surface area contributed by atoms with Gasteiger partial charge in [-0.3, -0.25) is 9.21 Å². The lowest BCUT2D eigenvalue weighted by atomic mass is 10.1. The largest absolute Gasteiger partial charge is 0.383 e. The van der Waals surface area contributed by atoms with E-state index in [0.717, 1.165) is 11.3 Å².